The van der Waals surface area contributed by atoms with Gasteiger partial charge in [-0.25, -0.2) is 13.1 Å². The molecule has 2 aromatic rings. The lowest BCUT2D eigenvalue weighted by Gasteiger charge is -2.35. The maximum atomic E-state index is 12.7. The number of nitrogens with one attached hydrogen (secondary N) is 1. The lowest BCUT2D eigenvalue weighted by Crippen LogP contribution is -2.43. The zero-order chi connectivity index (χ0) is 19.6. The Morgan fingerprint density at radius 3 is 2.50 bits per heavy atom. The molecule has 1 fully saturated rings. The van der Waals surface area contributed by atoms with Crippen molar-refractivity contribution in [2.75, 3.05) is 39.6 Å². The summed E-state index contributed by atoms with van der Waals surface area (Å²) in [4.78, 5) is 2.40. The van der Waals surface area contributed by atoms with Crippen molar-refractivity contribution >= 4 is 21.6 Å². The van der Waals surface area contributed by atoms with Crippen molar-refractivity contribution < 1.29 is 22.6 Å². The Bertz CT molecular complexity index is 930. The first kappa shape index (κ1) is 19.5. The molecule has 2 heterocycles. The van der Waals surface area contributed by atoms with Gasteiger partial charge < -0.3 is 14.2 Å². The normalized spacial score (nSPS) is 18.2. The summed E-state index contributed by atoms with van der Waals surface area (Å²) in [6.07, 6.45) is 0. The van der Waals surface area contributed by atoms with Gasteiger partial charge in [0.05, 0.1) is 18.1 Å². The second-order valence-corrected chi connectivity index (χ2v) is 8.79. The average molecular weight is 425 g/mol. The van der Waals surface area contributed by atoms with Gasteiger partial charge in [-0.05, 0) is 42.0 Å². The summed E-state index contributed by atoms with van der Waals surface area (Å²) >= 11 is 5.86. The highest BCUT2D eigenvalue weighted by Crippen LogP contribution is 2.35. The summed E-state index contributed by atoms with van der Waals surface area (Å²) < 4.78 is 44.5. The highest BCUT2D eigenvalue weighted by molar-refractivity contribution is 7.89. The van der Waals surface area contributed by atoms with Crippen molar-refractivity contribution in [3.63, 3.8) is 0 Å². The van der Waals surface area contributed by atoms with E-state index in [1.165, 1.54) is 12.1 Å². The van der Waals surface area contributed by atoms with Gasteiger partial charge in [0.2, 0.25) is 16.8 Å². The SMILES string of the molecule is O=S(=O)(NC[C@H](c1ccc2c(c1)OCO2)N1CCOCC1)c1ccc(Cl)cc1. The molecular formula is C19H21ClN2O5S. The van der Waals surface area contributed by atoms with Crippen LogP contribution in [-0.4, -0.2) is 53.0 Å². The van der Waals surface area contributed by atoms with Gasteiger partial charge in [0.25, 0.3) is 0 Å². The standard InChI is InChI=1S/C19H21ClN2O5S/c20-15-2-4-16(5-3-15)28(23,24)21-12-17(22-7-9-25-10-8-22)14-1-6-18-19(11-14)27-13-26-18/h1-6,11,17,21H,7-10,12-13H2/t17-/m1/s1. The molecule has 0 bridgehead atoms. The number of nitrogens with zero attached hydrogens (tertiary/aromatic N) is 1. The topological polar surface area (TPSA) is 77.1 Å². The van der Waals surface area contributed by atoms with Crippen molar-refractivity contribution in [3.05, 3.63) is 53.1 Å². The second kappa shape index (κ2) is 8.26. The van der Waals surface area contributed by atoms with Gasteiger partial charge in [0.15, 0.2) is 11.5 Å². The first-order chi connectivity index (χ1) is 13.5. The second-order valence-electron chi connectivity index (χ2n) is 6.58. The van der Waals surface area contributed by atoms with E-state index in [4.69, 9.17) is 25.8 Å². The summed E-state index contributed by atoms with van der Waals surface area (Å²) in [7, 11) is -3.65. The summed E-state index contributed by atoms with van der Waals surface area (Å²) in [6, 6.07) is 11.7. The fourth-order valence-corrected chi connectivity index (χ4v) is 4.52. The summed E-state index contributed by atoms with van der Waals surface area (Å²) in [6.45, 7) is 3.11. The molecule has 2 aliphatic heterocycles. The predicted octanol–water partition coefficient (Wildman–Crippen LogP) is 2.42. The Morgan fingerprint density at radius 2 is 1.75 bits per heavy atom. The van der Waals surface area contributed by atoms with E-state index in [0.29, 0.717) is 29.7 Å². The van der Waals surface area contributed by atoms with E-state index in [-0.39, 0.29) is 24.3 Å². The van der Waals surface area contributed by atoms with Crippen LogP contribution in [0.25, 0.3) is 0 Å². The third-order valence-corrected chi connectivity index (χ3v) is 6.55. The fourth-order valence-electron chi connectivity index (χ4n) is 3.35. The quantitative estimate of drug-likeness (QED) is 0.767. The van der Waals surface area contributed by atoms with Crippen LogP contribution in [0, 0.1) is 0 Å². The Balaban J connectivity index is 1.56. The lowest BCUT2D eigenvalue weighted by atomic mass is 10.0. The predicted molar refractivity (Wildman–Crippen MR) is 104 cm³/mol. The molecule has 1 atom stereocenters. The lowest BCUT2D eigenvalue weighted by molar-refractivity contribution is 0.0171. The molecule has 0 amide bonds. The Kier molecular flexibility index (Phi) is 5.75. The zero-order valence-corrected chi connectivity index (χ0v) is 16.7. The number of sulfonamides is 1. The van der Waals surface area contributed by atoms with E-state index in [0.717, 1.165) is 18.7 Å². The van der Waals surface area contributed by atoms with Crippen LogP contribution in [0.3, 0.4) is 0 Å². The van der Waals surface area contributed by atoms with E-state index < -0.39 is 10.0 Å². The molecular weight excluding hydrogens is 404 g/mol. The molecule has 9 heteroatoms. The first-order valence-corrected chi connectivity index (χ1v) is 10.9. The number of halogens is 1. The molecule has 0 spiro atoms. The van der Waals surface area contributed by atoms with E-state index in [1.54, 1.807) is 12.1 Å². The smallest absolute Gasteiger partial charge is 0.240 e. The molecule has 0 radical (unpaired) electrons. The highest BCUT2D eigenvalue weighted by atomic mass is 35.5. The minimum atomic E-state index is -3.65. The molecule has 0 unspecified atom stereocenters. The minimum Gasteiger partial charge on any atom is -0.454 e. The molecule has 0 aromatic heterocycles. The van der Waals surface area contributed by atoms with Crippen LogP contribution in [-0.2, 0) is 14.8 Å². The van der Waals surface area contributed by atoms with Gasteiger partial charge in [0.1, 0.15) is 0 Å². The molecule has 150 valence electrons. The molecule has 28 heavy (non-hydrogen) atoms. The number of rotatable bonds is 6. The number of ether oxygens (including phenoxy) is 3. The Labute approximate surface area is 169 Å². The van der Waals surface area contributed by atoms with Crippen molar-refractivity contribution in [1.29, 1.82) is 0 Å². The Hall–Kier alpha value is -1.84. The fraction of sp³-hybridized carbons (Fsp3) is 0.368. The van der Waals surface area contributed by atoms with Crippen molar-refractivity contribution in [2.45, 2.75) is 10.9 Å². The van der Waals surface area contributed by atoms with Crippen LogP contribution in [0.4, 0.5) is 0 Å². The van der Waals surface area contributed by atoms with Gasteiger partial charge in [-0.1, -0.05) is 17.7 Å². The monoisotopic (exact) mass is 424 g/mol. The maximum absolute atomic E-state index is 12.7. The van der Waals surface area contributed by atoms with E-state index in [2.05, 4.69) is 9.62 Å². The van der Waals surface area contributed by atoms with Gasteiger partial charge in [-0.15, -0.1) is 0 Å². The van der Waals surface area contributed by atoms with Crippen molar-refractivity contribution in [1.82, 2.24) is 9.62 Å². The van der Waals surface area contributed by atoms with E-state index in [9.17, 15) is 8.42 Å². The third kappa shape index (κ3) is 4.26. The molecule has 0 aliphatic carbocycles. The highest BCUT2D eigenvalue weighted by Gasteiger charge is 2.27. The minimum absolute atomic E-state index is 0.152. The zero-order valence-electron chi connectivity index (χ0n) is 15.1. The van der Waals surface area contributed by atoms with Gasteiger partial charge in [-0.2, -0.15) is 0 Å². The molecule has 0 saturated carbocycles. The summed E-state index contributed by atoms with van der Waals surface area (Å²) in [5, 5.41) is 0.491. The van der Waals surface area contributed by atoms with Crippen LogP contribution >= 0.6 is 11.6 Å². The van der Waals surface area contributed by atoms with E-state index >= 15 is 0 Å². The van der Waals surface area contributed by atoms with Crippen LogP contribution in [0.5, 0.6) is 11.5 Å². The molecule has 2 aromatic carbocycles. The molecule has 7 nitrogen and oxygen atoms in total. The third-order valence-electron chi connectivity index (χ3n) is 4.86. The summed E-state index contributed by atoms with van der Waals surface area (Å²) in [5.74, 6) is 1.38. The molecule has 2 aliphatic rings. The van der Waals surface area contributed by atoms with Crippen molar-refractivity contribution in [3.8, 4) is 11.5 Å². The molecule has 4 rings (SSSR count). The number of hydrogen-bond donors (Lipinski definition) is 1. The van der Waals surface area contributed by atoms with Crippen LogP contribution in [0.1, 0.15) is 11.6 Å². The van der Waals surface area contributed by atoms with E-state index in [1.807, 2.05) is 18.2 Å². The number of morpholine rings is 1. The molecule has 1 saturated heterocycles. The summed E-state index contributed by atoms with van der Waals surface area (Å²) in [5.41, 5.74) is 0.963. The number of hydrogen-bond acceptors (Lipinski definition) is 6. The molecule has 1 N–H and O–H groups in total. The van der Waals surface area contributed by atoms with Gasteiger partial charge in [0, 0.05) is 30.7 Å². The number of benzene rings is 2. The van der Waals surface area contributed by atoms with Crippen LogP contribution in [0.15, 0.2) is 47.4 Å². The average Bonchev–Trinajstić information content (AvgIpc) is 3.17. The van der Waals surface area contributed by atoms with Gasteiger partial charge in [-0.3, -0.25) is 4.90 Å². The van der Waals surface area contributed by atoms with Crippen molar-refractivity contribution in [2.24, 2.45) is 0 Å². The van der Waals surface area contributed by atoms with Crippen LogP contribution < -0.4 is 14.2 Å². The maximum Gasteiger partial charge on any atom is 0.240 e. The van der Waals surface area contributed by atoms with Gasteiger partial charge >= 0.3 is 0 Å². The first-order valence-electron chi connectivity index (χ1n) is 8.99. The van der Waals surface area contributed by atoms with Crippen LogP contribution in [0.2, 0.25) is 5.02 Å². The number of fused-ring (bicyclic) bond motifs is 1. The Morgan fingerprint density at radius 1 is 1.04 bits per heavy atom. The largest absolute Gasteiger partial charge is 0.454 e.